The molecule has 148 valence electrons. The fraction of sp³-hybridized carbons (Fsp3) is 0.684. The van der Waals surface area contributed by atoms with E-state index in [9.17, 15) is 9.59 Å². The van der Waals surface area contributed by atoms with Crippen LogP contribution in [0.1, 0.15) is 55.9 Å². The quantitative estimate of drug-likeness (QED) is 0.692. The van der Waals surface area contributed by atoms with Gasteiger partial charge in [-0.25, -0.2) is 0 Å². The van der Waals surface area contributed by atoms with E-state index in [1.54, 1.807) is 12.1 Å². The SMILES string of the molecule is CCOCCCC(=O)N1CCC2(NC(=O)c3ccc(OC)nn3)CCCC12. The number of nitrogens with one attached hydrogen (secondary N) is 1. The third-order valence-corrected chi connectivity index (χ3v) is 5.56. The zero-order valence-corrected chi connectivity index (χ0v) is 16.1. The first-order valence-electron chi connectivity index (χ1n) is 9.67. The van der Waals surface area contributed by atoms with E-state index in [0.29, 0.717) is 32.1 Å². The van der Waals surface area contributed by atoms with Gasteiger partial charge in [-0.15, -0.1) is 10.2 Å². The molecule has 8 heteroatoms. The zero-order chi connectivity index (χ0) is 19.3. The number of fused-ring (bicyclic) bond motifs is 1. The number of hydrogen-bond donors (Lipinski definition) is 1. The molecule has 3 rings (SSSR count). The van der Waals surface area contributed by atoms with Crippen LogP contribution in [0.3, 0.4) is 0 Å². The normalized spacial score (nSPS) is 23.9. The molecule has 1 saturated heterocycles. The maximum atomic E-state index is 12.7. The van der Waals surface area contributed by atoms with Gasteiger partial charge in [0.25, 0.3) is 5.91 Å². The van der Waals surface area contributed by atoms with Crippen LogP contribution < -0.4 is 10.1 Å². The second-order valence-corrected chi connectivity index (χ2v) is 7.12. The summed E-state index contributed by atoms with van der Waals surface area (Å²) in [5, 5.41) is 11.0. The summed E-state index contributed by atoms with van der Waals surface area (Å²) >= 11 is 0. The Kier molecular flexibility index (Phi) is 6.26. The highest BCUT2D eigenvalue weighted by Gasteiger charge is 2.52. The van der Waals surface area contributed by atoms with Crippen molar-refractivity contribution in [1.82, 2.24) is 20.4 Å². The summed E-state index contributed by atoms with van der Waals surface area (Å²) in [5.74, 6) is 0.276. The van der Waals surface area contributed by atoms with Crippen molar-refractivity contribution in [2.75, 3.05) is 26.9 Å². The number of methoxy groups -OCH3 is 1. The topological polar surface area (TPSA) is 93.7 Å². The van der Waals surface area contributed by atoms with Crippen LogP contribution in [0.15, 0.2) is 12.1 Å². The van der Waals surface area contributed by atoms with Gasteiger partial charge in [0.15, 0.2) is 5.69 Å². The van der Waals surface area contributed by atoms with Gasteiger partial charge in [-0.3, -0.25) is 9.59 Å². The highest BCUT2D eigenvalue weighted by atomic mass is 16.5. The van der Waals surface area contributed by atoms with Crippen LogP contribution in [0.25, 0.3) is 0 Å². The molecule has 1 aromatic heterocycles. The summed E-state index contributed by atoms with van der Waals surface area (Å²) in [6, 6.07) is 3.29. The lowest BCUT2D eigenvalue weighted by atomic mass is 9.92. The van der Waals surface area contributed by atoms with E-state index in [1.165, 1.54) is 7.11 Å². The molecule has 2 aliphatic rings. The van der Waals surface area contributed by atoms with E-state index in [1.807, 2.05) is 11.8 Å². The lowest BCUT2D eigenvalue weighted by Crippen LogP contribution is -2.54. The highest BCUT2D eigenvalue weighted by molar-refractivity contribution is 5.93. The van der Waals surface area contributed by atoms with Crippen LogP contribution in [-0.4, -0.2) is 65.4 Å². The van der Waals surface area contributed by atoms with Gasteiger partial charge in [0.1, 0.15) is 0 Å². The summed E-state index contributed by atoms with van der Waals surface area (Å²) in [6.45, 7) is 3.92. The molecule has 1 aliphatic heterocycles. The summed E-state index contributed by atoms with van der Waals surface area (Å²) in [4.78, 5) is 27.3. The highest BCUT2D eigenvalue weighted by Crippen LogP contribution is 2.42. The zero-order valence-electron chi connectivity index (χ0n) is 16.1. The first kappa shape index (κ1) is 19.5. The fourth-order valence-corrected chi connectivity index (χ4v) is 4.24. The Morgan fingerprint density at radius 2 is 2.19 bits per heavy atom. The van der Waals surface area contributed by atoms with Crippen molar-refractivity contribution in [3.05, 3.63) is 17.8 Å². The van der Waals surface area contributed by atoms with Gasteiger partial charge in [0.05, 0.1) is 18.7 Å². The minimum atomic E-state index is -0.353. The Morgan fingerprint density at radius 1 is 1.33 bits per heavy atom. The van der Waals surface area contributed by atoms with E-state index in [0.717, 1.165) is 32.1 Å². The average molecular weight is 376 g/mol. The van der Waals surface area contributed by atoms with Crippen LogP contribution >= 0.6 is 0 Å². The smallest absolute Gasteiger partial charge is 0.272 e. The number of amides is 2. The molecule has 1 aromatic rings. The standard InChI is InChI=1S/C19H28N4O4/c1-3-27-13-5-7-17(24)23-12-11-19(10-4-6-15(19)23)20-18(25)14-8-9-16(26-2)22-21-14/h8-9,15H,3-7,10-13H2,1-2H3,(H,20,25). The van der Waals surface area contributed by atoms with Crippen molar-refractivity contribution in [2.24, 2.45) is 0 Å². The lowest BCUT2D eigenvalue weighted by Gasteiger charge is -2.33. The van der Waals surface area contributed by atoms with Crippen molar-refractivity contribution in [3.8, 4) is 5.88 Å². The van der Waals surface area contributed by atoms with Gasteiger partial charge < -0.3 is 19.7 Å². The van der Waals surface area contributed by atoms with Crippen LogP contribution in [0.4, 0.5) is 0 Å². The maximum absolute atomic E-state index is 12.7. The van der Waals surface area contributed by atoms with Gasteiger partial charge in [-0.1, -0.05) is 0 Å². The number of likely N-dealkylation sites (tertiary alicyclic amines) is 1. The number of hydrogen-bond acceptors (Lipinski definition) is 6. The monoisotopic (exact) mass is 376 g/mol. The van der Waals surface area contributed by atoms with Crippen molar-refractivity contribution in [1.29, 1.82) is 0 Å². The van der Waals surface area contributed by atoms with Gasteiger partial charge in [-0.05, 0) is 45.1 Å². The molecule has 1 N–H and O–H groups in total. The van der Waals surface area contributed by atoms with Crippen molar-refractivity contribution in [2.45, 2.75) is 57.0 Å². The molecule has 27 heavy (non-hydrogen) atoms. The molecule has 1 saturated carbocycles. The molecule has 2 unspecified atom stereocenters. The number of carbonyl (C=O) groups is 2. The summed E-state index contributed by atoms with van der Waals surface area (Å²) in [7, 11) is 1.50. The third kappa shape index (κ3) is 4.21. The van der Waals surface area contributed by atoms with Crippen LogP contribution in [0.2, 0.25) is 0 Å². The molecule has 8 nitrogen and oxygen atoms in total. The molecular weight excluding hydrogens is 348 g/mol. The largest absolute Gasteiger partial charge is 0.480 e. The van der Waals surface area contributed by atoms with E-state index < -0.39 is 0 Å². The second-order valence-electron chi connectivity index (χ2n) is 7.12. The number of aromatic nitrogens is 2. The third-order valence-electron chi connectivity index (χ3n) is 5.56. The number of ether oxygens (including phenoxy) is 2. The lowest BCUT2D eigenvalue weighted by molar-refractivity contribution is -0.132. The Balaban J connectivity index is 1.62. The molecule has 2 heterocycles. The van der Waals surface area contributed by atoms with E-state index in [-0.39, 0.29) is 29.1 Å². The molecule has 2 atom stereocenters. The average Bonchev–Trinajstić information content (AvgIpc) is 3.23. The summed E-state index contributed by atoms with van der Waals surface area (Å²) < 4.78 is 10.3. The molecule has 0 bridgehead atoms. The van der Waals surface area contributed by atoms with Crippen molar-refractivity contribution in [3.63, 3.8) is 0 Å². The van der Waals surface area contributed by atoms with Gasteiger partial charge in [0.2, 0.25) is 11.8 Å². The number of rotatable bonds is 8. The summed E-state index contributed by atoms with van der Waals surface area (Å²) in [5.41, 5.74) is -0.0915. The van der Waals surface area contributed by atoms with Gasteiger partial charge >= 0.3 is 0 Å². The molecule has 2 fully saturated rings. The van der Waals surface area contributed by atoms with E-state index in [4.69, 9.17) is 9.47 Å². The van der Waals surface area contributed by atoms with Gasteiger partial charge in [0, 0.05) is 32.2 Å². The summed E-state index contributed by atoms with van der Waals surface area (Å²) in [6.07, 6.45) is 4.81. The number of carbonyl (C=O) groups excluding carboxylic acids is 2. The minimum Gasteiger partial charge on any atom is -0.480 e. The molecule has 2 amide bonds. The van der Waals surface area contributed by atoms with Crippen LogP contribution in [0, 0.1) is 0 Å². The maximum Gasteiger partial charge on any atom is 0.272 e. The Morgan fingerprint density at radius 3 is 2.89 bits per heavy atom. The van der Waals surface area contributed by atoms with E-state index >= 15 is 0 Å². The van der Waals surface area contributed by atoms with Crippen molar-refractivity contribution >= 4 is 11.8 Å². The Hall–Kier alpha value is -2.22. The van der Waals surface area contributed by atoms with Crippen molar-refractivity contribution < 1.29 is 19.1 Å². The molecule has 0 spiro atoms. The predicted octanol–water partition coefficient (Wildman–Crippen LogP) is 1.56. The first-order valence-corrected chi connectivity index (χ1v) is 9.67. The fourth-order valence-electron chi connectivity index (χ4n) is 4.24. The first-order chi connectivity index (χ1) is 13.1. The Bertz CT molecular complexity index is 666. The van der Waals surface area contributed by atoms with Crippen LogP contribution in [0.5, 0.6) is 5.88 Å². The van der Waals surface area contributed by atoms with Gasteiger partial charge in [-0.2, -0.15) is 0 Å². The van der Waals surface area contributed by atoms with E-state index in [2.05, 4.69) is 15.5 Å². The van der Waals surface area contributed by atoms with Crippen LogP contribution in [-0.2, 0) is 9.53 Å². The molecule has 1 aliphatic carbocycles. The second kappa shape index (κ2) is 8.65. The molecular formula is C19H28N4O4. The number of nitrogens with zero attached hydrogens (tertiary/aromatic N) is 3. The molecule has 0 aromatic carbocycles. The molecule has 0 radical (unpaired) electrons. The predicted molar refractivity (Wildman–Crippen MR) is 98.5 cm³/mol. The minimum absolute atomic E-state index is 0.0623. The Labute approximate surface area is 159 Å².